The van der Waals surface area contributed by atoms with E-state index >= 15 is 0 Å². The third-order valence-electron chi connectivity index (χ3n) is 5.14. The number of unbranched alkanes of at least 4 members (excludes halogenated alkanes) is 1. The fraction of sp³-hybridized carbons (Fsp3) is 0.455. The molecule has 1 atom stereocenters. The number of thiophene rings is 1. The zero-order valence-corrected chi connectivity index (χ0v) is 21.6. The minimum absolute atomic E-state index is 0.0241. The van der Waals surface area contributed by atoms with Crippen LogP contribution in [0.3, 0.4) is 0 Å². The number of carbonyl (C=O) groups is 3. The van der Waals surface area contributed by atoms with Crippen molar-refractivity contribution in [1.29, 1.82) is 0 Å². The molecule has 0 saturated carbocycles. The maximum absolute atomic E-state index is 12.2. The van der Waals surface area contributed by atoms with Crippen LogP contribution < -0.4 is 15.4 Å². The lowest BCUT2D eigenvalue weighted by Crippen LogP contribution is -2.48. The van der Waals surface area contributed by atoms with Crippen LogP contribution in [0.2, 0.25) is 0 Å². The first-order valence-electron chi connectivity index (χ1n) is 11.4. The van der Waals surface area contributed by atoms with Gasteiger partial charge in [0.1, 0.15) is 16.1 Å². The number of carboxylic acid groups (broad SMARTS) is 2. The largest absolute Gasteiger partial charge is 0.490 e. The number of aliphatic carboxylic acids is 2. The van der Waals surface area contributed by atoms with Crippen molar-refractivity contribution < 1.29 is 46.2 Å². The standard InChI is InChI=1S/C20H26N4O5S2.C2HF3O2/c25-17(7-2-1-6-15-10-9-14-5-3-11-21-19(14)23-15)22-13-16(20(26)27)24-31(28,29)18-8-4-12-30-18;3-2(4,5)1(6)7/h4,8-10,12,16,24H,1-3,5-7,11,13H2,(H,21,23)(H,22,25)(H,26,27);(H,6,7)/t16-;/m0./s1. The lowest BCUT2D eigenvalue weighted by Gasteiger charge is -2.17. The smallest absolute Gasteiger partial charge is 0.480 e. The molecule has 2 aromatic heterocycles. The van der Waals surface area contributed by atoms with Gasteiger partial charge in [0.2, 0.25) is 5.91 Å². The van der Waals surface area contributed by atoms with E-state index in [0.717, 1.165) is 55.1 Å². The van der Waals surface area contributed by atoms with Gasteiger partial charge < -0.3 is 20.8 Å². The molecule has 1 aliphatic rings. The summed E-state index contributed by atoms with van der Waals surface area (Å²) in [5.74, 6) is -3.48. The molecule has 0 fully saturated rings. The number of fused-ring (bicyclic) bond motifs is 1. The normalized spacial score (nSPS) is 13.8. The number of halogens is 3. The molecule has 210 valence electrons. The molecule has 3 rings (SSSR count). The number of rotatable bonds is 11. The molecule has 0 bridgehead atoms. The molecule has 3 heterocycles. The number of alkyl halides is 3. The molecule has 38 heavy (non-hydrogen) atoms. The average molecular weight is 581 g/mol. The van der Waals surface area contributed by atoms with E-state index in [1.54, 1.807) is 11.4 Å². The fourth-order valence-electron chi connectivity index (χ4n) is 3.25. The van der Waals surface area contributed by atoms with Gasteiger partial charge in [0, 0.05) is 25.2 Å². The van der Waals surface area contributed by atoms with Gasteiger partial charge in [-0.25, -0.2) is 18.2 Å². The van der Waals surface area contributed by atoms with E-state index in [0.29, 0.717) is 6.42 Å². The third-order valence-corrected chi connectivity index (χ3v) is 8.01. The van der Waals surface area contributed by atoms with Gasteiger partial charge in [-0.3, -0.25) is 9.59 Å². The summed E-state index contributed by atoms with van der Waals surface area (Å²) < 4.78 is 58.3. The summed E-state index contributed by atoms with van der Waals surface area (Å²) in [7, 11) is -3.94. The molecule has 0 aliphatic carbocycles. The second kappa shape index (κ2) is 14.1. The Bertz CT molecular complexity index is 1210. The average Bonchev–Trinajstić information content (AvgIpc) is 3.40. The van der Waals surface area contributed by atoms with Crippen molar-refractivity contribution in [1.82, 2.24) is 15.0 Å². The highest BCUT2D eigenvalue weighted by Gasteiger charge is 2.38. The summed E-state index contributed by atoms with van der Waals surface area (Å²) in [5.41, 5.74) is 2.21. The predicted molar refractivity (Wildman–Crippen MR) is 131 cm³/mol. The number of carboxylic acids is 2. The Labute approximate surface area is 220 Å². The first-order chi connectivity index (χ1) is 17.8. The van der Waals surface area contributed by atoms with Gasteiger partial charge in [-0.2, -0.15) is 17.9 Å². The molecule has 0 spiro atoms. The summed E-state index contributed by atoms with van der Waals surface area (Å²) in [4.78, 5) is 37.0. The van der Waals surface area contributed by atoms with Crippen molar-refractivity contribution in [2.75, 3.05) is 18.4 Å². The Hall–Kier alpha value is -3.24. The minimum atomic E-state index is -5.08. The predicted octanol–water partition coefficient (Wildman–Crippen LogP) is 2.40. The van der Waals surface area contributed by atoms with Crippen molar-refractivity contribution >= 4 is 45.0 Å². The van der Waals surface area contributed by atoms with Crippen molar-refractivity contribution in [2.24, 2.45) is 0 Å². The van der Waals surface area contributed by atoms with Gasteiger partial charge in [-0.05, 0) is 55.2 Å². The molecule has 0 radical (unpaired) electrons. The van der Waals surface area contributed by atoms with Crippen LogP contribution in [-0.4, -0.2) is 66.8 Å². The second-order valence-electron chi connectivity index (χ2n) is 8.10. The summed E-state index contributed by atoms with van der Waals surface area (Å²) in [5, 5.41) is 23.8. The van der Waals surface area contributed by atoms with Crippen molar-refractivity contribution in [3.05, 3.63) is 40.9 Å². The van der Waals surface area contributed by atoms with Gasteiger partial charge in [0.05, 0.1) is 0 Å². The number of hydrogen-bond donors (Lipinski definition) is 5. The van der Waals surface area contributed by atoms with E-state index in [1.165, 1.54) is 11.6 Å². The molecule has 1 aliphatic heterocycles. The number of sulfonamides is 1. The molecule has 11 nitrogen and oxygen atoms in total. The van der Waals surface area contributed by atoms with Gasteiger partial charge in [-0.1, -0.05) is 12.1 Å². The highest BCUT2D eigenvalue weighted by molar-refractivity contribution is 7.91. The number of hydrogen-bond acceptors (Lipinski definition) is 8. The van der Waals surface area contributed by atoms with E-state index < -0.39 is 34.2 Å². The minimum Gasteiger partial charge on any atom is -0.480 e. The SMILES string of the molecule is O=C(CCCCc1ccc2c(n1)NCCC2)NC[C@H](NS(=O)(=O)c1cccs1)C(=O)O.O=C(O)C(F)(F)F. The van der Waals surface area contributed by atoms with Gasteiger partial charge >= 0.3 is 18.1 Å². The Kier molecular flexibility index (Phi) is 11.5. The molecule has 0 aromatic carbocycles. The fourth-order valence-corrected chi connectivity index (χ4v) is 5.44. The summed E-state index contributed by atoms with van der Waals surface area (Å²) in [6, 6.07) is 5.62. The number of carbonyl (C=O) groups excluding carboxylic acids is 1. The zero-order chi connectivity index (χ0) is 28.3. The highest BCUT2D eigenvalue weighted by atomic mass is 32.2. The monoisotopic (exact) mass is 580 g/mol. The molecule has 2 aromatic rings. The van der Waals surface area contributed by atoms with Crippen molar-refractivity contribution in [3.8, 4) is 0 Å². The molecule has 0 saturated heterocycles. The molecule has 1 amide bonds. The quantitative estimate of drug-likeness (QED) is 0.250. The lowest BCUT2D eigenvalue weighted by atomic mass is 10.1. The molecular weight excluding hydrogens is 553 g/mol. The summed E-state index contributed by atoms with van der Waals surface area (Å²) in [6.07, 6.45) is -0.560. The lowest BCUT2D eigenvalue weighted by molar-refractivity contribution is -0.192. The van der Waals surface area contributed by atoms with E-state index in [4.69, 9.17) is 9.90 Å². The number of pyridine rings is 1. The molecule has 5 N–H and O–H groups in total. The highest BCUT2D eigenvalue weighted by Crippen LogP contribution is 2.20. The van der Waals surface area contributed by atoms with Crippen LogP contribution in [0.15, 0.2) is 33.9 Å². The zero-order valence-electron chi connectivity index (χ0n) is 20.0. The Balaban J connectivity index is 0.000000638. The van der Waals surface area contributed by atoms with E-state index in [2.05, 4.69) is 26.4 Å². The molecular formula is C22H27F3N4O7S2. The number of anilines is 1. The van der Waals surface area contributed by atoms with Gasteiger partial charge in [-0.15, -0.1) is 11.3 Å². The van der Waals surface area contributed by atoms with Crippen molar-refractivity contribution in [2.45, 2.75) is 55.0 Å². The van der Waals surface area contributed by atoms with Crippen LogP contribution in [0, 0.1) is 0 Å². The first-order valence-corrected chi connectivity index (χ1v) is 13.7. The van der Waals surface area contributed by atoms with Crippen LogP contribution in [0.1, 0.15) is 36.9 Å². The Morgan fingerprint density at radius 3 is 2.47 bits per heavy atom. The number of aryl methyl sites for hydroxylation is 2. The van der Waals surface area contributed by atoms with E-state index in [1.807, 2.05) is 6.07 Å². The van der Waals surface area contributed by atoms with E-state index in [-0.39, 0.29) is 23.1 Å². The van der Waals surface area contributed by atoms with Crippen LogP contribution in [0.4, 0.5) is 19.0 Å². The Morgan fingerprint density at radius 2 is 1.87 bits per heavy atom. The number of aromatic nitrogens is 1. The second-order valence-corrected chi connectivity index (χ2v) is 11.0. The third kappa shape index (κ3) is 10.3. The maximum Gasteiger partial charge on any atom is 0.490 e. The Morgan fingerprint density at radius 1 is 1.16 bits per heavy atom. The first kappa shape index (κ1) is 31.0. The number of nitrogens with zero attached hydrogens (tertiary/aromatic N) is 1. The molecule has 0 unspecified atom stereocenters. The molecule has 16 heteroatoms. The van der Waals surface area contributed by atoms with Gasteiger partial charge in [0.15, 0.2) is 0 Å². The maximum atomic E-state index is 12.2. The van der Waals surface area contributed by atoms with Crippen LogP contribution >= 0.6 is 11.3 Å². The van der Waals surface area contributed by atoms with Crippen LogP contribution in [-0.2, 0) is 37.2 Å². The summed E-state index contributed by atoms with van der Waals surface area (Å²) >= 11 is 0.987. The number of amides is 1. The van der Waals surface area contributed by atoms with Crippen LogP contribution in [0.5, 0.6) is 0 Å². The van der Waals surface area contributed by atoms with Crippen molar-refractivity contribution in [3.63, 3.8) is 0 Å². The van der Waals surface area contributed by atoms with E-state index in [9.17, 15) is 36.3 Å². The topological polar surface area (TPSA) is 175 Å². The van der Waals surface area contributed by atoms with Gasteiger partial charge in [0.25, 0.3) is 10.0 Å². The number of nitrogens with one attached hydrogen (secondary N) is 3. The van der Waals surface area contributed by atoms with Crippen LogP contribution in [0.25, 0.3) is 0 Å². The summed E-state index contributed by atoms with van der Waals surface area (Å²) in [6.45, 7) is 0.612.